The molecule has 0 aliphatic rings. The van der Waals surface area contributed by atoms with E-state index in [1.165, 1.54) is 0 Å². The molecule has 0 fully saturated rings. The molecule has 0 heterocycles. The van der Waals surface area contributed by atoms with Crippen LogP contribution in [0.2, 0.25) is 0 Å². The second-order valence-corrected chi connectivity index (χ2v) is 4.86. The summed E-state index contributed by atoms with van der Waals surface area (Å²) in [6.45, 7) is 7.78. The number of benzene rings is 2. The van der Waals surface area contributed by atoms with Crippen LogP contribution in [-0.4, -0.2) is 13.0 Å². The predicted octanol–water partition coefficient (Wildman–Crippen LogP) is 3.71. The van der Waals surface area contributed by atoms with Crippen LogP contribution in [0.4, 0.5) is 0 Å². The summed E-state index contributed by atoms with van der Waals surface area (Å²) in [5.74, 6) is 0.623. The Hall–Kier alpha value is -2.55. The zero-order valence-electron chi connectivity index (χ0n) is 12.6. The van der Waals surface area contributed by atoms with E-state index in [0.717, 1.165) is 22.4 Å². The van der Waals surface area contributed by atoms with Crippen LogP contribution in [0.3, 0.4) is 0 Å². The van der Waals surface area contributed by atoms with Gasteiger partial charge in [0.15, 0.2) is 0 Å². The van der Waals surface area contributed by atoms with E-state index in [0.29, 0.717) is 11.3 Å². The van der Waals surface area contributed by atoms with E-state index in [1.807, 2.05) is 50.2 Å². The van der Waals surface area contributed by atoms with E-state index >= 15 is 0 Å². The molecule has 3 heteroatoms. The minimum Gasteiger partial charge on any atom is -0.496 e. The summed E-state index contributed by atoms with van der Waals surface area (Å²) in [5.41, 5.74) is 4.00. The third-order valence-corrected chi connectivity index (χ3v) is 3.59. The summed E-state index contributed by atoms with van der Waals surface area (Å²) < 4.78 is 5.26. The van der Waals surface area contributed by atoms with Gasteiger partial charge >= 0.3 is 0 Å². The van der Waals surface area contributed by atoms with Crippen molar-refractivity contribution in [3.63, 3.8) is 0 Å². The summed E-state index contributed by atoms with van der Waals surface area (Å²) in [5, 5.41) is 2.84. The van der Waals surface area contributed by atoms with Gasteiger partial charge in [-0.15, -0.1) is 0 Å². The van der Waals surface area contributed by atoms with Gasteiger partial charge in [0, 0.05) is 11.3 Å². The van der Waals surface area contributed by atoms with E-state index < -0.39 is 0 Å². The number of carbonyl (C=O) groups excluding carboxylic acids is 1. The normalized spacial score (nSPS) is 10.0. The Labute approximate surface area is 125 Å². The molecule has 3 nitrogen and oxygen atoms in total. The maximum atomic E-state index is 12.4. The number of rotatable bonds is 4. The summed E-state index contributed by atoms with van der Waals surface area (Å²) in [4.78, 5) is 12.4. The molecular weight excluding hydrogens is 262 g/mol. The molecule has 0 bridgehead atoms. The second-order valence-electron chi connectivity index (χ2n) is 4.86. The lowest BCUT2D eigenvalue weighted by atomic mass is 10.0. The van der Waals surface area contributed by atoms with Crippen molar-refractivity contribution in [1.29, 1.82) is 0 Å². The highest BCUT2D eigenvalue weighted by molar-refractivity contribution is 6.00. The molecule has 0 atom stereocenters. The Morgan fingerprint density at radius 2 is 1.71 bits per heavy atom. The third kappa shape index (κ3) is 3.14. The fourth-order valence-corrected chi connectivity index (χ4v) is 2.18. The number of hydrogen-bond acceptors (Lipinski definition) is 2. The van der Waals surface area contributed by atoms with Crippen LogP contribution in [0.5, 0.6) is 5.75 Å². The number of methoxy groups -OCH3 is 1. The van der Waals surface area contributed by atoms with Gasteiger partial charge in [0.2, 0.25) is 0 Å². The molecule has 0 saturated heterocycles. The van der Waals surface area contributed by atoms with Crippen molar-refractivity contribution in [2.45, 2.75) is 13.8 Å². The van der Waals surface area contributed by atoms with Crippen LogP contribution in [0, 0.1) is 13.8 Å². The molecule has 1 N–H and O–H groups in total. The van der Waals surface area contributed by atoms with Crippen LogP contribution >= 0.6 is 0 Å². The van der Waals surface area contributed by atoms with Gasteiger partial charge in [-0.05, 0) is 42.7 Å². The molecule has 2 aromatic rings. The second kappa shape index (κ2) is 6.27. The average Bonchev–Trinajstić information content (AvgIpc) is 2.50. The molecule has 2 rings (SSSR count). The van der Waals surface area contributed by atoms with Gasteiger partial charge in [0.05, 0.1) is 7.11 Å². The number of nitrogens with one attached hydrogen (secondary N) is 1. The molecule has 108 valence electrons. The highest BCUT2D eigenvalue weighted by Gasteiger charge is 2.14. The van der Waals surface area contributed by atoms with Crippen molar-refractivity contribution in [2.24, 2.45) is 0 Å². The van der Waals surface area contributed by atoms with Crippen molar-refractivity contribution in [3.05, 3.63) is 71.3 Å². The zero-order valence-corrected chi connectivity index (χ0v) is 12.6. The fourth-order valence-electron chi connectivity index (χ4n) is 2.18. The topological polar surface area (TPSA) is 38.3 Å². The number of carbonyl (C=O) groups is 1. The minimum absolute atomic E-state index is 0.160. The van der Waals surface area contributed by atoms with Crippen molar-refractivity contribution < 1.29 is 9.53 Å². The summed E-state index contributed by atoms with van der Waals surface area (Å²) in [7, 11) is 1.62. The van der Waals surface area contributed by atoms with Crippen molar-refractivity contribution in [2.75, 3.05) is 7.11 Å². The smallest absolute Gasteiger partial charge is 0.255 e. The molecule has 0 aromatic heterocycles. The van der Waals surface area contributed by atoms with Gasteiger partial charge < -0.3 is 10.1 Å². The molecular formula is C18H19NO2. The fraction of sp³-hybridized carbons (Fsp3) is 0.167. The Kier molecular flexibility index (Phi) is 4.43. The lowest BCUT2D eigenvalue weighted by Gasteiger charge is -2.13. The average molecular weight is 281 g/mol. The molecule has 2 aromatic carbocycles. The van der Waals surface area contributed by atoms with Crippen LogP contribution in [0.1, 0.15) is 27.0 Å². The minimum atomic E-state index is -0.160. The largest absolute Gasteiger partial charge is 0.496 e. The first-order valence-corrected chi connectivity index (χ1v) is 6.74. The molecule has 0 saturated carbocycles. The van der Waals surface area contributed by atoms with Crippen LogP contribution in [0.15, 0.2) is 49.0 Å². The van der Waals surface area contributed by atoms with Gasteiger partial charge in [0.25, 0.3) is 5.91 Å². The molecule has 21 heavy (non-hydrogen) atoms. The van der Waals surface area contributed by atoms with Crippen molar-refractivity contribution >= 4 is 11.6 Å². The SMILES string of the molecule is C=C(NC(=O)c1ccc(OC)c(C)c1C)c1ccccc1. The van der Waals surface area contributed by atoms with Crippen molar-refractivity contribution in [3.8, 4) is 5.75 Å². The van der Waals surface area contributed by atoms with Crippen LogP contribution in [-0.2, 0) is 0 Å². The van der Waals surface area contributed by atoms with Gasteiger partial charge in [-0.3, -0.25) is 4.79 Å². The van der Waals surface area contributed by atoms with Gasteiger partial charge in [0.1, 0.15) is 5.75 Å². The maximum Gasteiger partial charge on any atom is 0.255 e. The number of ether oxygens (including phenoxy) is 1. The first kappa shape index (κ1) is 14.9. The highest BCUT2D eigenvalue weighted by atomic mass is 16.5. The summed E-state index contributed by atoms with van der Waals surface area (Å²) in [6.07, 6.45) is 0. The van der Waals surface area contributed by atoms with Crippen LogP contribution in [0.25, 0.3) is 5.70 Å². The zero-order chi connectivity index (χ0) is 15.4. The first-order chi connectivity index (χ1) is 10.0. The molecule has 1 amide bonds. The Balaban J connectivity index is 2.22. The molecule has 0 aliphatic carbocycles. The lowest BCUT2D eigenvalue weighted by Crippen LogP contribution is -2.22. The monoisotopic (exact) mass is 281 g/mol. The number of hydrogen-bond donors (Lipinski definition) is 1. The maximum absolute atomic E-state index is 12.4. The molecule has 0 unspecified atom stereocenters. The summed E-state index contributed by atoms with van der Waals surface area (Å²) in [6, 6.07) is 13.2. The molecule has 0 spiro atoms. The van der Waals surface area contributed by atoms with E-state index in [1.54, 1.807) is 13.2 Å². The standard InChI is InChI=1S/C18H19NO2/c1-12-13(2)17(21-4)11-10-16(12)18(20)19-14(3)15-8-6-5-7-9-15/h5-11H,3H2,1-2,4H3,(H,19,20). The highest BCUT2D eigenvalue weighted by Crippen LogP contribution is 2.24. The van der Waals surface area contributed by atoms with E-state index in [4.69, 9.17) is 4.74 Å². The third-order valence-electron chi connectivity index (χ3n) is 3.59. The molecule has 0 aliphatic heterocycles. The number of amides is 1. The Morgan fingerprint density at radius 3 is 2.33 bits per heavy atom. The molecule has 0 radical (unpaired) electrons. The van der Waals surface area contributed by atoms with Gasteiger partial charge in [-0.1, -0.05) is 36.9 Å². The Morgan fingerprint density at radius 1 is 1.05 bits per heavy atom. The lowest BCUT2D eigenvalue weighted by molar-refractivity contribution is 0.0973. The quantitative estimate of drug-likeness (QED) is 0.927. The predicted molar refractivity (Wildman–Crippen MR) is 85.4 cm³/mol. The van der Waals surface area contributed by atoms with Crippen molar-refractivity contribution in [1.82, 2.24) is 5.32 Å². The Bertz CT molecular complexity index is 675. The van der Waals surface area contributed by atoms with Gasteiger partial charge in [-0.2, -0.15) is 0 Å². The first-order valence-electron chi connectivity index (χ1n) is 6.74. The van der Waals surface area contributed by atoms with E-state index in [-0.39, 0.29) is 5.91 Å². The van der Waals surface area contributed by atoms with Gasteiger partial charge in [-0.25, -0.2) is 0 Å². The van der Waals surface area contributed by atoms with E-state index in [9.17, 15) is 4.79 Å². The van der Waals surface area contributed by atoms with Crippen LogP contribution < -0.4 is 10.1 Å². The summed E-state index contributed by atoms with van der Waals surface area (Å²) >= 11 is 0. The van der Waals surface area contributed by atoms with E-state index in [2.05, 4.69) is 11.9 Å².